The Bertz CT molecular complexity index is 627. The minimum absolute atomic E-state index is 0.0133. The molecule has 2 rings (SSSR count). The number of aryl methyl sites for hydroxylation is 1. The van der Waals surface area contributed by atoms with Gasteiger partial charge >= 0.3 is 0 Å². The number of likely N-dealkylation sites (tertiary alicyclic amines) is 1. The summed E-state index contributed by atoms with van der Waals surface area (Å²) in [7, 11) is 1.71. The summed E-state index contributed by atoms with van der Waals surface area (Å²) in [6.07, 6.45) is 0.324. The smallest absolute Gasteiger partial charge is 0.250 e. The SMILES string of the molecule is COCCN1C[C@H](NC(=O)CCn2c(C)cccc2=O)[C@@H](C(C)C)C1. The lowest BCUT2D eigenvalue weighted by atomic mass is 9.91. The Hall–Kier alpha value is -1.66. The van der Waals surface area contributed by atoms with Crippen LogP contribution in [-0.2, 0) is 16.1 Å². The van der Waals surface area contributed by atoms with Gasteiger partial charge in [0.25, 0.3) is 5.56 Å². The third-order valence-electron chi connectivity index (χ3n) is 5.09. The number of pyridine rings is 1. The summed E-state index contributed by atoms with van der Waals surface area (Å²) in [5.41, 5.74) is 0.825. The van der Waals surface area contributed by atoms with Gasteiger partial charge in [0.1, 0.15) is 0 Å². The first-order valence-corrected chi connectivity index (χ1v) is 9.09. The van der Waals surface area contributed by atoms with Gasteiger partial charge in [-0.1, -0.05) is 19.9 Å². The molecular weight excluding hydrogens is 318 g/mol. The zero-order valence-corrected chi connectivity index (χ0v) is 15.8. The average Bonchev–Trinajstić information content (AvgIpc) is 2.95. The number of carbonyl (C=O) groups excluding carboxylic acids is 1. The summed E-state index contributed by atoms with van der Waals surface area (Å²) in [6.45, 7) is 10.2. The second kappa shape index (κ2) is 9.15. The molecule has 0 spiro atoms. The van der Waals surface area contributed by atoms with Crippen molar-refractivity contribution in [1.82, 2.24) is 14.8 Å². The van der Waals surface area contributed by atoms with Gasteiger partial charge < -0.3 is 14.6 Å². The van der Waals surface area contributed by atoms with Gasteiger partial charge in [0.05, 0.1) is 6.61 Å². The summed E-state index contributed by atoms with van der Waals surface area (Å²) in [6, 6.07) is 5.33. The standard InChI is InChI=1S/C19H31N3O3/c1-14(2)16-12-21(10-11-25-4)13-17(16)20-18(23)8-9-22-15(3)6-5-7-19(22)24/h5-7,14,16-17H,8-13H2,1-4H3,(H,20,23)/t16-,17+/m1/s1. The van der Waals surface area contributed by atoms with Crippen LogP contribution >= 0.6 is 0 Å². The minimum Gasteiger partial charge on any atom is -0.383 e. The van der Waals surface area contributed by atoms with E-state index in [1.807, 2.05) is 13.0 Å². The number of aromatic nitrogens is 1. The van der Waals surface area contributed by atoms with Gasteiger partial charge in [-0.15, -0.1) is 0 Å². The molecule has 1 saturated heterocycles. The summed E-state index contributed by atoms with van der Waals surface area (Å²) in [5.74, 6) is 0.971. The molecule has 6 nitrogen and oxygen atoms in total. The van der Waals surface area contributed by atoms with Crippen LogP contribution < -0.4 is 10.9 Å². The maximum absolute atomic E-state index is 12.4. The van der Waals surface area contributed by atoms with Crippen LogP contribution in [0, 0.1) is 18.8 Å². The fourth-order valence-electron chi connectivity index (χ4n) is 3.55. The first-order chi connectivity index (χ1) is 11.9. The summed E-state index contributed by atoms with van der Waals surface area (Å²) in [4.78, 5) is 26.7. The van der Waals surface area contributed by atoms with Crippen molar-refractivity contribution < 1.29 is 9.53 Å². The number of nitrogens with one attached hydrogen (secondary N) is 1. The molecule has 1 aromatic heterocycles. The van der Waals surface area contributed by atoms with E-state index in [1.165, 1.54) is 6.07 Å². The lowest BCUT2D eigenvalue weighted by molar-refractivity contribution is -0.122. The molecule has 140 valence electrons. The third kappa shape index (κ3) is 5.41. The van der Waals surface area contributed by atoms with Crippen molar-refractivity contribution in [3.63, 3.8) is 0 Å². The van der Waals surface area contributed by atoms with Crippen LogP contribution in [0.4, 0.5) is 0 Å². The van der Waals surface area contributed by atoms with E-state index in [4.69, 9.17) is 4.74 Å². The second-order valence-corrected chi connectivity index (χ2v) is 7.24. The first-order valence-electron chi connectivity index (χ1n) is 9.09. The normalized spacial score (nSPS) is 21.0. The van der Waals surface area contributed by atoms with E-state index < -0.39 is 0 Å². The van der Waals surface area contributed by atoms with Crippen LogP contribution in [0.15, 0.2) is 23.0 Å². The summed E-state index contributed by atoms with van der Waals surface area (Å²) >= 11 is 0. The van der Waals surface area contributed by atoms with Crippen LogP contribution in [0.25, 0.3) is 0 Å². The molecule has 0 unspecified atom stereocenters. The van der Waals surface area contributed by atoms with Crippen molar-refractivity contribution >= 4 is 5.91 Å². The number of rotatable bonds is 8. The van der Waals surface area contributed by atoms with E-state index in [0.717, 1.165) is 25.3 Å². The van der Waals surface area contributed by atoms with Crippen LogP contribution in [-0.4, -0.2) is 54.8 Å². The van der Waals surface area contributed by atoms with E-state index in [1.54, 1.807) is 17.7 Å². The molecule has 0 aromatic carbocycles. The van der Waals surface area contributed by atoms with Crippen molar-refractivity contribution in [3.8, 4) is 0 Å². The van der Waals surface area contributed by atoms with E-state index in [9.17, 15) is 9.59 Å². The molecule has 1 amide bonds. The van der Waals surface area contributed by atoms with Crippen molar-refractivity contribution in [3.05, 3.63) is 34.2 Å². The van der Waals surface area contributed by atoms with Crippen molar-refractivity contribution in [2.75, 3.05) is 33.4 Å². The molecule has 1 aliphatic heterocycles. The van der Waals surface area contributed by atoms with Crippen LogP contribution in [0.1, 0.15) is 26.0 Å². The molecule has 0 bridgehead atoms. The molecular formula is C19H31N3O3. The minimum atomic E-state index is -0.0561. The number of methoxy groups -OCH3 is 1. The quantitative estimate of drug-likeness (QED) is 0.768. The predicted octanol–water partition coefficient (Wildman–Crippen LogP) is 1.27. The molecule has 6 heteroatoms. The highest BCUT2D eigenvalue weighted by atomic mass is 16.5. The van der Waals surface area contributed by atoms with Crippen molar-refractivity contribution in [2.24, 2.45) is 11.8 Å². The van der Waals surface area contributed by atoms with Gasteiger partial charge in [0.15, 0.2) is 0 Å². The number of ether oxygens (including phenoxy) is 1. The molecule has 1 fully saturated rings. The molecule has 2 heterocycles. The topological polar surface area (TPSA) is 63.6 Å². The van der Waals surface area contributed by atoms with E-state index in [0.29, 0.717) is 31.4 Å². The molecule has 2 atom stereocenters. The van der Waals surface area contributed by atoms with Gasteiger partial charge in [-0.05, 0) is 24.8 Å². The Morgan fingerprint density at radius 1 is 1.32 bits per heavy atom. The number of carbonyl (C=O) groups is 1. The number of hydrogen-bond donors (Lipinski definition) is 1. The highest BCUT2D eigenvalue weighted by molar-refractivity contribution is 5.76. The van der Waals surface area contributed by atoms with Gasteiger partial charge in [-0.2, -0.15) is 0 Å². The van der Waals surface area contributed by atoms with Gasteiger partial charge in [-0.3, -0.25) is 14.5 Å². The molecule has 1 N–H and O–H groups in total. The lowest BCUT2D eigenvalue weighted by Gasteiger charge is -2.23. The maximum Gasteiger partial charge on any atom is 0.250 e. The Kier molecular flexibility index (Phi) is 7.20. The Labute approximate surface area is 150 Å². The number of amides is 1. The highest BCUT2D eigenvalue weighted by Crippen LogP contribution is 2.24. The molecule has 1 aromatic rings. The van der Waals surface area contributed by atoms with Crippen LogP contribution in [0.2, 0.25) is 0 Å². The van der Waals surface area contributed by atoms with E-state index in [-0.39, 0.29) is 17.5 Å². The fraction of sp³-hybridized carbons (Fsp3) is 0.684. The zero-order valence-electron chi connectivity index (χ0n) is 15.8. The third-order valence-corrected chi connectivity index (χ3v) is 5.09. The van der Waals surface area contributed by atoms with E-state index >= 15 is 0 Å². The zero-order chi connectivity index (χ0) is 18.4. The Morgan fingerprint density at radius 2 is 2.08 bits per heavy atom. The Balaban J connectivity index is 1.91. The number of hydrogen-bond acceptors (Lipinski definition) is 4. The lowest BCUT2D eigenvalue weighted by Crippen LogP contribution is -2.42. The average molecular weight is 349 g/mol. The second-order valence-electron chi connectivity index (χ2n) is 7.24. The van der Waals surface area contributed by atoms with E-state index in [2.05, 4.69) is 24.1 Å². The summed E-state index contributed by atoms with van der Waals surface area (Å²) < 4.78 is 6.82. The molecule has 0 aliphatic carbocycles. The molecule has 1 aliphatic rings. The molecule has 0 radical (unpaired) electrons. The van der Waals surface area contributed by atoms with Gasteiger partial charge in [0.2, 0.25) is 5.91 Å². The Morgan fingerprint density at radius 3 is 2.72 bits per heavy atom. The fourth-order valence-corrected chi connectivity index (χ4v) is 3.55. The largest absolute Gasteiger partial charge is 0.383 e. The summed E-state index contributed by atoms with van der Waals surface area (Å²) in [5, 5.41) is 3.19. The predicted molar refractivity (Wildman–Crippen MR) is 98.6 cm³/mol. The molecule has 25 heavy (non-hydrogen) atoms. The molecule has 0 saturated carbocycles. The van der Waals surface area contributed by atoms with Gasteiger partial charge in [0, 0.05) is 57.5 Å². The van der Waals surface area contributed by atoms with Gasteiger partial charge in [-0.25, -0.2) is 0 Å². The monoisotopic (exact) mass is 349 g/mol. The van der Waals surface area contributed by atoms with Crippen LogP contribution in [0.3, 0.4) is 0 Å². The maximum atomic E-state index is 12.4. The van der Waals surface area contributed by atoms with Crippen molar-refractivity contribution in [1.29, 1.82) is 0 Å². The number of nitrogens with zero attached hydrogens (tertiary/aromatic N) is 2. The highest BCUT2D eigenvalue weighted by Gasteiger charge is 2.35. The van der Waals surface area contributed by atoms with Crippen molar-refractivity contribution in [2.45, 2.75) is 39.8 Å². The van der Waals surface area contributed by atoms with Crippen LogP contribution in [0.5, 0.6) is 0 Å². The first kappa shape index (κ1) is 19.7.